The predicted octanol–water partition coefficient (Wildman–Crippen LogP) is 2.43. The van der Waals surface area contributed by atoms with Crippen molar-refractivity contribution in [1.82, 2.24) is 15.2 Å². The standard InChI is InChI=1S/C12H20N4/c1-2-6-10(13)12-14-11(15-16-12)9-7-4-3-5-8-9/h2,9-10H,1,3-8,13H2,(H,14,15,16). The Kier molecular flexibility index (Phi) is 3.72. The van der Waals surface area contributed by atoms with Crippen LogP contribution in [0, 0.1) is 0 Å². The van der Waals surface area contributed by atoms with Crippen LogP contribution in [-0.4, -0.2) is 15.2 Å². The van der Waals surface area contributed by atoms with Gasteiger partial charge in [-0.2, -0.15) is 5.10 Å². The Morgan fingerprint density at radius 3 is 2.88 bits per heavy atom. The van der Waals surface area contributed by atoms with Crippen LogP contribution in [0.5, 0.6) is 0 Å². The smallest absolute Gasteiger partial charge is 0.167 e. The van der Waals surface area contributed by atoms with E-state index in [0.717, 1.165) is 18.1 Å². The third-order valence-electron chi connectivity index (χ3n) is 3.26. The lowest BCUT2D eigenvalue weighted by molar-refractivity contribution is 0.429. The van der Waals surface area contributed by atoms with Crippen molar-refractivity contribution in [3.63, 3.8) is 0 Å². The van der Waals surface area contributed by atoms with Crippen molar-refractivity contribution in [2.45, 2.75) is 50.5 Å². The van der Waals surface area contributed by atoms with Gasteiger partial charge >= 0.3 is 0 Å². The van der Waals surface area contributed by atoms with E-state index in [-0.39, 0.29) is 6.04 Å². The molecule has 0 amide bonds. The quantitative estimate of drug-likeness (QED) is 0.766. The molecule has 0 saturated heterocycles. The van der Waals surface area contributed by atoms with Crippen LogP contribution in [0.2, 0.25) is 0 Å². The third-order valence-corrected chi connectivity index (χ3v) is 3.26. The van der Waals surface area contributed by atoms with Crippen molar-refractivity contribution in [3.05, 3.63) is 24.3 Å². The molecular weight excluding hydrogens is 200 g/mol. The lowest BCUT2D eigenvalue weighted by Crippen LogP contribution is -2.11. The highest BCUT2D eigenvalue weighted by Crippen LogP contribution is 2.30. The maximum absolute atomic E-state index is 5.93. The molecule has 0 radical (unpaired) electrons. The van der Waals surface area contributed by atoms with E-state index in [9.17, 15) is 0 Å². The lowest BCUT2D eigenvalue weighted by atomic mass is 9.89. The molecule has 0 spiro atoms. The molecule has 0 bridgehead atoms. The van der Waals surface area contributed by atoms with Crippen LogP contribution >= 0.6 is 0 Å². The van der Waals surface area contributed by atoms with Crippen LogP contribution in [0.15, 0.2) is 12.7 Å². The van der Waals surface area contributed by atoms with E-state index in [1.165, 1.54) is 32.1 Å². The maximum atomic E-state index is 5.93. The minimum absolute atomic E-state index is 0.119. The van der Waals surface area contributed by atoms with Gasteiger partial charge in [-0.05, 0) is 19.3 Å². The molecule has 1 unspecified atom stereocenters. The Labute approximate surface area is 96.3 Å². The number of nitrogens with zero attached hydrogens (tertiary/aromatic N) is 2. The number of aromatic nitrogens is 3. The zero-order chi connectivity index (χ0) is 11.4. The maximum Gasteiger partial charge on any atom is 0.167 e. The largest absolute Gasteiger partial charge is 0.321 e. The van der Waals surface area contributed by atoms with Gasteiger partial charge in [0.1, 0.15) is 5.82 Å². The zero-order valence-electron chi connectivity index (χ0n) is 9.65. The Bertz CT molecular complexity index is 339. The summed E-state index contributed by atoms with van der Waals surface area (Å²) in [5.74, 6) is 2.31. The average molecular weight is 220 g/mol. The first-order chi connectivity index (χ1) is 7.81. The summed E-state index contributed by atoms with van der Waals surface area (Å²) in [6.07, 6.45) is 8.95. The van der Waals surface area contributed by atoms with Gasteiger partial charge in [0.2, 0.25) is 0 Å². The summed E-state index contributed by atoms with van der Waals surface area (Å²) in [5, 5.41) is 7.24. The van der Waals surface area contributed by atoms with Crippen LogP contribution in [0.1, 0.15) is 62.1 Å². The van der Waals surface area contributed by atoms with Crippen LogP contribution in [-0.2, 0) is 0 Å². The first-order valence-electron chi connectivity index (χ1n) is 6.10. The Morgan fingerprint density at radius 2 is 2.19 bits per heavy atom. The summed E-state index contributed by atoms with van der Waals surface area (Å²) in [6, 6.07) is -0.119. The monoisotopic (exact) mass is 220 g/mol. The molecule has 3 N–H and O–H groups in total. The van der Waals surface area contributed by atoms with Crippen LogP contribution < -0.4 is 5.73 Å². The molecule has 0 aliphatic heterocycles. The van der Waals surface area contributed by atoms with E-state index >= 15 is 0 Å². The van der Waals surface area contributed by atoms with Gasteiger partial charge in [-0.1, -0.05) is 25.3 Å². The summed E-state index contributed by atoms with van der Waals surface area (Å²) in [6.45, 7) is 3.68. The van der Waals surface area contributed by atoms with Gasteiger partial charge in [0.15, 0.2) is 5.82 Å². The van der Waals surface area contributed by atoms with Crippen molar-refractivity contribution in [1.29, 1.82) is 0 Å². The minimum Gasteiger partial charge on any atom is -0.321 e. The molecule has 0 aromatic carbocycles. The number of hydrogen-bond donors (Lipinski definition) is 2. The molecule has 1 fully saturated rings. The Morgan fingerprint density at radius 1 is 1.44 bits per heavy atom. The molecule has 1 saturated carbocycles. The van der Waals surface area contributed by atoms with Gasteiger partial charge in [-0.15, -0.1) is 6.58 Å². The molecule has 1 aromatic rings. The van der Waals surface area contributed by atoms with Crippen LogP contribution in [0.4, 0.5) is 0 Å². The van der Waals surface area contributed by atoms with E-state index < -0.39 is 0 Å². The second kappa shape index (κ2) is 5.25. The molecule has 1 aliphatic carbocycles. The van der Waals surface area contributed by atoms with Crippen molar-refractivity contribution in [2.75, 3.05) is 0 Å². The molecule has 4 nitrogen and oxygen atoms in total. The van der Waals surface area contributed by atoms with Crippen LogP contribution in [0.3, 0.4) is 0 Å². The number of nitrogens with two attached hydrogens (primary N) is 1. The Balaban J connectivity index is 2.03. The molecule has 16 heavy (non-hydrogen) atoms. The van der Waals surface area contributed by atoms with Gasteiger partial charge in [0.05, 0.1) is 6.04 Å². The highest BCUT2D eigenvalue weighted by atomic mass is 15.2. The SMILES string of the molecule is C=CCC(N)c1n[nH]c(C2CCCCC2)n1. The summed E-state index contributed by atoms with van der Waals surface area (Å²) in [5.41, 5.74) is 5.93. The van der Waals surface area contributed by atoms with Crippen LogP contribution in [0.25, 0.3) is 0 Å². The predicted molar refractivity (Wildman–Crippen MR) is 64.0 cm³/mol. The second-order valence-electron chi connectivity index (χ2n) is 4.54. The van der Waals surface area contributed by atoms with E-state index in [4.69, 9.17) is 5.73 Å². The number of nitrogens with one attached hydrogen (secondary N) is 1. The van der Waals surface area contributed by atoms with E-state index in [1.54, 1.807) is 6.08 Å². The molecular formula is C12H20N4. The average Bonchev–Trinajstić information content (AvgIpc) is 2.80. The summed E-state index contributed by atoms with van der Waals surface area (Å²) < 4.78 is 0. The third kappa shape index (κ3) is 2.50. The zero-order valence-corrected chi connectivity index (χ0v) is 9.65. The van der Waals surface area contributed by atoms with E-state index in [2.05, 4.69) is 21.8 Å². The summed E-state index contributed by atoms with van der Waals surface area (Å²) in [4.78, 5) is 4.51. The molecule has 1 aliphatic rings. The number of rotatable bonds is 4. The first-order valence-corrected chi connectivity index (χ1v) is 6.10. The summed E-state index contributed by atoms with van der Waals surface area (Å²) in [7, 11) is 0. The highest BCUT2D eigenvalue weighted by Gasteiger charge is 2.20. The fourth-order valence-corrected chi connectivity index (χ4v) is 2.30. The minimum atomic E-state index is -0.119. The van der Waals surface area contributed by atoms with Gasteiger partial charge in [-0.3, -0.25) is 5.10 Å². The van der Waals surface area contributed by atoms with Crippen molar-refractivity contribution in [3.8, 4) is 0 Å². The number of aromatic amines is 1. The molecule has 1 heterocycles. The lowest BCUT2D eigenvalue weighted by Gasteiger charge is -2.18. The number of H-pyrrole nitrogens is 1. The van der Waals surface area contributed by atoms with Gasteiger partial charge in [0.25, 0.3) is 0 Å². The van der Waals surface area contributed by atoms with Crippen molar-refractivity contribution < 1.29 is 0 Å². The van der Waals surface area contributed by atoms with Gasteiger partial charge in [-0.25, -0.2) is 4.98 Å². The van der Waals surface area contributed by atoms with E-state index in [1.807, 2.05) is 0 Å². The number of hydrogen-bond acceptors (Lipinski definition) is 3. The summed E-state index contributed by atoms with van der Waals surface area (Å²) >= 11 is 0. The topological polar surface area (TPSA) is 67.6 Å². The van der Waals surface area contributed by atoms with Gasteiger partial charge in [0, 0.05) is 5.92 Å². The molecule has 1 atom stereocenters. The van der Waals surface area contributed by atoms with Crippen molar-refractivity contribution in [2.24, 2.45) is 5.73 Å². The molecule has 1 aromatic heterocycles. The molecule has 2 rings (SSSR count). The van der Waals surface area contributed by atoms with Crippen molar-refractivity contribution >= 4 is 0 Å². The Hall–Kier alpha value is -1.16. The normalized spacial score (nSPS) is 19.6. The first kappa shape index (κ1) is 11.3. The van der Waals surface area contributed by atoms with E-state index in [0.29, 0.717) is 5.92 Å². The fraction of sp³-hybridized carbons (Fsp3) is 0.667. The van der Waals surface area contributed by atoms with Gasteiger partial charge < -0.3 is 5.73 Å². The highest BCUT2D eigenvalue weighted by molar-refractivity contribution is 5.02. The second-order valence-corrected chi connectivity index (χ2v) is 4.54. The fourth-order valence-electron chi connectivity index (χ4n) is 2.30. The molecule has 4 heteroatoms. The molecule has 88 valence electrons.